The van der Waals surface area contributed by atoms with Gasteiger partial charge in [-0.05, 0) is 43.7 Å². The highest BCUT2D eigenvalue weighted by Gasteiger charge is 2.29. The number of rotatable bonds is 6. The minimum absolute atomic E-state index is 0.00830. The van der Waals surface area contributed by atoms with E-state index in [1.54, 1.807) is 12.1 Å². The Bertz CT molecular complexity index is 609. The molecular formula is C16H22N4O3. The first-order valence-electron chi connectivity index (χ1n) is 8.13. The molecule has 124 valence electrons. The van der Waals surface area contributed by atoms with E-state index in [-0.39, 0.29) is 17.6 Å². The molecule has 3 N–H and O–H groups in total. The summed E-state index contributed by atoms with van der Waals surface area (Å²) in [6, 6.07) is 4.67. The van der Waals surface area contributed by atoms with Crippen LogP contribution in [0.15, 0.2) is 18.2 Å². The number of carbonyl (C=O) groups is 1. The second kappa shape index (κ2) is 6.54. The van der Waals surface area contributed by atoms with Gasteiger partial charge in [0.1, 0.15) is 5.69 Å². The number of nitrogens with two attached hydrogens (primary N) is 1. The Morgan fingerprint density at radius 3 is 2.70 bits per heavy atom. The van der Waals surface area contributed by atoms with Crippen LogP contribution in [0.25, 0.3) is 0 Å². The molecule has 1 aliphatic heterocycles. The van der Waals surface area contributed by atoms with Crippen molar-refractivity contribution < 1.29 is 9.72 Å². The highest BCUT2D eigenvalue weighted by molar-refractivity contribution is 5.95. The first kappa shape index (κ1) is 15.7. The molecule has 1 heterocycles. The molecule has 1 aromatic rings. The maximum absolute atomic E-state index is 12.2. The van der Waals surface area contributed by atoms with Gasteiger partial charge < -0.3 is 16.0 Å². The van der Waals surface area contributed by atoms with Crippen molar-refractivity contribution in [1.29, 1.82) is 0 Å². The van der Waals surface area contributed by atoms with E-state index in [4.69, 9.17) is 5.73 Å². The third-order valence-corrected chi connectivity index (χ3v) is 4.61. The van der Waals surface area contributed by atoms with Crippen molar-refractivity contribution in [1.82, 2.24) is 5.32 Å². The van der Waals surface area contributed by atoms with Gasteiger partial charge in [-0.25, -0.2) is 0 Å². The first-order chi connectivity index (χ1) is 11.1. The molecule has 7 nitrogen and oxygen atoms in total. The third kappa shape index (κ3) is 3.61. The van der Waals surface area contributed by atoms with Crippen LogP contribution in [0.5, 0.6) is 0 Å². The SMILES string of the molecule is NC(CNC(=O)c1ccc(N2CCCC2)c([N+](=O)[O-])c1)C1CC1. The number of anilines is 1. The Morgan fingerprint density at radius 2 is 2.09 bits per heavy atom. The number of amides is 1. The quantitative estimate of drug-likeness (QED) is 0.613. The molecule has 1 atom stereocenters. The lowest BCUT2D eigenvalue weighted by Crippen LogP contribution is -2.38. The Kier molecular flexibility index (Phi) is 4.47. The van der Waals surface area contributed by atoms with Crippen molar-refractivity contribution in [2.24, 2.45) is 11.7 Å². The van der Waals surface area contributed by atoms with E-state index in [0.717, 1.165) is 38.8 Å². The molecule has 1 unspecified atom stereocenters. The summed E-state index contributed by atoms with van der Waals surface area (Å²) in [6.45, 7) is 2.05. The number of nitro benzene ring substituents is 1. The number of nitro groups is 1. The molecule has 1 amide bonds. The fourth-order valence-corrected chi connectivity index (χ4v) is 3.04. The zero-order valence-electron chi connectivity index (χ0n) is 13.0. The van der Waals surface area contributed by atoms with Crippen LogP contribution in [0.4, 0.5) is 11.4 Å². The topological polar surface area (TPSA) is 102 Å². The van der Waals surface area contributed by atoms with E-state index < -0.39 is 4.92 Å². The Labute approximate surface area is 135 Å². The number of nitrogens with one attached hydrogen (secondary N) is 1. The van der Waals surface area contributed by atoms with E-state index in [1.807, 2.05) is 4.90 Å². The van der Waals surface area contributed by atoms with Crippen molar-refractivity contribution in [2.45, 2.75) is 31.7 Å². The largest absolute Gasteiger partial charge is 0.366 e. The summed E-state index contributed by atoms with van der Waals surface area (Å²) in [7, 11) is 0. The number of carbonyl (C=O) groups excluding carboxylic acids is 1. The average Bonchev–Trinajstić information content (AvgIpc) is 3.26. The van der Waals surface area contributed by atoms with E-state index >= 15 is 0 Å². The molecule has 0 bridgehead atoms. The lowest BCUT2D eigenvalue weighted by molar-refractivity contribution is -0.384. The van der Waals surface area contributed by atoms with Crippen LogP contribution in [-0.2, 0) is 0 Å². The molecule has 2 aliphatic rings. The summed E-state index contributed by atoms with van der Waals surface area (Å²) >= 11 is 0. The van der Waals surface area contributed by atoms with Crippen molar-refractivity contribution in [3.05, 3.63) is 33.9 Å². The number of nitrogens with zero attached hydrogens (tertiary/aromatic N) is 2. The molecule has 3 rings (SSSR count). The summed E-state index contributed by atoms with van der Waals surface area (Å²) in [5, 5.41) is 14.1. The van der Waals surface area contributed by atoms with Gasteiger partial charge in [-0.2, -0.15) is 0 Å². The predicted molar refractivity (Wildman–Crippen MR) is 87.6 cm³/mol. The molecule has 0 radical (unpaired) electrons. The predicted octanol–water partition coefficient (Wildman–Crippen LogP) is 1.66. The van der Waals surface area contributed by atoms with Gasteiger partial charge in [0.05, 0.1) is 4.92 Å². The molecule has 1 saturated carbocycles. The zero-order valence-corrected chi connectivity index (χ0v) is 13.0. The average molecular weight is 318 g/mol. The summed E-state index contributed by atoms with van der Waals surface area (Å²) in [4.78, 5) is 25.1. The Balaban J connectivity index is 1.72. The summed E-state index contributed by atoms with van der Waals surface area (Å²) < 4.78 is 0. The summed E-state index contributed by atoms with van der Waals surface area (Å²) in [5.74, 6) is 0.194. The molecule has 1 aliphatic carbocycles. The summed E-state index contributed by atoms with van der Waals surface area (Å²) in [5.41, 5.74) is 6.86. The Morgan fingerprint density at radius 1 is 1.39 bits per heavy atom. The van der Waals surface area contributed by atoms with Crippen molar-refractivity contribution in [3.8, 4) is 0 Å². The highest BCUT2D eigenvalue weighted by atomic mass is 16.6. The van der Waals surface area contributed by atoms with Gasteiger partial charge >= 0.3 is 0 Å². The van der Waals surface area contributed by atoms with Crippen LogP contribution in [-0.4, -0.2) is 36.5 Å². The van der Waals surface area contributed by atoms with Crippen LogP contribution < -0.4 is 16.0 Å². The normalized spacial score (nSPS) is 18.7. The van der Waals surface area contributed by atoms with E-state index in [9.17, 15) is 14.9 Å². The molecule has 0 aromatic heterocycles. The lowest BCUT2D eigenvalue weighted by Gasteiger charge is -2.18. The van der Waals surface area contributed by atoms with E-state index in [0.29, 0.717) is 23.7 Å². The molecule has 0 spiro atoms. The van der Waals surface area contributed by atoms with Crippen LogP contribution in [0, 0.1) is 16.0 Å². The van der Waals surface area contributed by atoms with Gasteiger partial charge in [0.25, 0.3) is 11.6 Å². The third-order valence-electron chi connectivity index (χ3n) is 4.61. The standard InChI is InChI=1S/C16H22N4O3/c17-13(11-3-4-11)10-18-16(21)12-5-6-14(15(9-12)20(22)23)19-7-1-2-8-19/h5-6,9,11,13H,1-4,7-8,10,17H2,(H,18,21). The van der Waals surface area contributed by atoms with Gasteiger partial charge in [0, 0.05) is 37.3 Å². The smallest absolute Gasteiger partial charge is 0.293 e. The molecule has 23 heavy (non-hydrogen) atoms. The number of hydrogen-bond donors (Lipinski definition) is 2. The first-order valence-corrected chi connectivity index (χ1v) is 8.13. The molecule has 7 heteroatoms. The van der Waals surface area contributed by atoms with Gasteiger partial charge in [-0.3, -0.25) is 14.9 Å². The van der Waals surface area contributed by atoms with Gasteiger partial charge in [-0.1, -0.05) is 0 Å². The minimum Gasteiger partial charge on any atom is -0.366 e. The van der Waals surface area contributed by atoms with Crippen LogP contribution in [0.1, 0.15) is 36.0 Å². The number of benzene rings is 1. The fraction of sp³-hybridized carbons (Fsp3) is 0.562. The molecule has 2 fully saturated rings. The lowest BCUT2D eigenvalue weighted by atomic mass is 10.1. The van der Waals surface area contributed by atoms with Crippen molar-refractivity contribution in [2.75, 3.05) is 24.5 Å². The van der Waals surface area contributed by atoms with Crippen molar-refractivity contribution in [3.63, 3.8) is 0 Å². The second-order valence-electron chi connectivity index (χ2n) is 6.37. The Hall–Kier alpha value is -2.15. The van der Waals surface area contributed by atoms with Crippen LogP contribution >= 0.6 is 0 Å². The van der Waals surface area contributed by atoms with E-state index in [1.165, 1.54) is 6.07 Å². The van der Waals surface area contributed by atoms with Gasteiger partial charge in [0.2, 0.25) is 0 Å². The van der Waals surface area contributed by atoms with E-state index in [2.05, 4.69) is 5.32 Å². The van der Waals surface area contributed by atoms with Gasteiger partial charge in [-0.15, -0.1) is 0 Å². The van der Waals surface area contributed by atoms with Crippen molar-refractivity contribution >= 4 is 17.3 Å². The maximum atomic E-state index is 12.2. The fourth-order valence-electron chi connectivity index (χ4n) is 3.04. The second-order valence-corrected chi connectivity index (χ2v) is 6.37. The number of hydrogen-bond acceptors (Lipinski definition) is 5. The highest BCUT2D eigenvalue weighted by Crippen LogP contribution is 2.32. The molecular weight excluding hydrogens is 296 g/mol. The van der Waals surface area contributed by atoms with Gasteiger partial charge in [0.15, 0.2) is 0 Å². The molecule has 1 aromatic carbocycles. The minimum atomic E-state index is -0.416. The maximum Gasteiger partial charge on any atom is 0.293 e. The van der Waals surface area contributed by atoms with Crippen LogP contribution in [0.2, 0.25) is 0 Å². The summed E-state index contributed by atoms with van der Waals surface area (Å²) in [6.07, 6.45) is 4.32. The van der Waals surface area contributed by atoms with Crippen LogP contribution in [0.3, 0.4) is 0 Å². The zero-order chi connectivity index (χ0) is 16.4. The molecule has 1 saturated heterocycles. The monoisotopic (exact) mass is 318 g/mol.